The first-order valence-electron chi connectivity index (χ1n) is 8.83. The van der Waals surface area contributed by atoms with Crippen molar-refractivity contribution in [2.45, 2.75) is 13.0 Å². The van der Waals surface area contributed by atoms with Gasteiger partial charge in [0.05, 0.1) is 31.4 Å². The van der Waals surface area contributed by atoms with Crippen LogP contribution in [0.4, 0.5) is 0 Å². The van der Waals surface area contributed by atoms with E-state index in [1.54, 1.807) is 6.07 Å². The summed E-state index contributed by atoms with van der Waals surface area (Å²) in [6.07, 6.45) is 0. The number of fused-ring (bicyclic) bond motifs is 4. The summed E-state index contributed by atoms with van der Waals surface area (Å²) in [5, 5.41) is 10.1. The molecular weight excluding hydrogens is 336 g/mol. The van der Waals surface area contributed by atoms with Gasteiger partial charge in [-0.15, -0.1) is 0 Å². The molecule has 0 aliphatic carbocycles. The minimum atomic E-state index is -0.855. The van der Waals surface area contributed by atoms with E-state index < -0.39 is 5.97 Å². The fourth-order valence-electron chi connectivity index (χ4n) is 3.99. The lowest BCUT2D eigenvalue weighted by Gasteiger charge is -2.30. The summed E-state index contributed by atoms with van der Waals surface area (Å²) in [6.45, 7) is 4.47. The van der Waals surface area contributed by atoms with Crippen molar-refractivity contribution in [1.82, 2.24) is 9.80 Å². The maximum atomic E-state index is 13.2. The summed E-state index contributed by atoms with van der Waals surface area (Å²) in [5.74, 6) is -0.0531. The Bertz CT molecular complexity index is 846. The minimum Gasteiger partial charge on any atom is -0.480 e. The quantitative estimate of drug-likeness (QED) is 0.897. The van der Waals surface area contributed by atoms with E-state index in [1.165, 1.54) is 0 Å². The largest absolute Gasteiger partial charge is 0.480 e. The number of hydrogen-bond acceptors (Lipinski definition) is 5. The second-order valence-corrected chi connectivity index (χ2v) is 7.17. The van der Waals surface area contributed by atoms with Gasteiger partial charge in [-0.2, -0.15) is 0 Å². The first kappa shape index (κ1) is 17.1. The molecule has 1 aromatic heterocycles. The standard InChI is InChI=1S/C19H22N2O5/c1-12-5-14-3-2-4-16(18(14)26-12)19(24)21-7-13-6-20(9-17(22)23)15(8-21)11-25-10-13/h2-5,13,15H,6-11H2,1H3,(H,22,23)/t13-,15+/m1/s1. The lowest BCUT2D eigenvalue weighted by molar-refractivity contribution is -0.139. The number of ether oxygens (including phenoxy) is 1. The molecule has 7 heteroatoms. The highest BCUT2D eigenvalue weighted by atomic mass is 16.5. The van der Waals surface area contributed by atoms with E-state index in [2.05, 4.69) is 0 Å². The molecular formula is C19H22N2O5. The van der Waals surface area contributed by atoms with Gasteiger partial charge in [0.1, 0.15) is 11.3 Å². The number of amides is 1. The van der Waals surface area contributed by atoms with Gasteiger partial charge in [0.15, 0.2) is 0 Å². The summed E-state index contributed by atoms with van der Waals surface area (Å²) < 4.78 is 11.4. The molecule has 138 valence electrons. The van der Waals surface area contributed by atoms with Crippen LogP contribution in [0.25, 0.3) is 11.0 Å². The van der Waals surface area contributed by atoms with Crippen molar-refractivity contribution < 1.29 is 23.8 Å². The van der Waals surface area contributed by atoms with Crippen LogP contribution in [0.15, 0.2) is 28.7 Å². The minimum absolute atomic E-state index is 0.0283. The number of aliphatic carboxylic acids is 1. The van der Waals surface area contributed by atoms with Crippen molar-refractivity contribution in [1.29, 1.82) is 0 Å². The van der Waals surface area contributed by atoms with Gasteiger partial charge in [-0.1, -0.05) is 12.1 Å². The number of hydrogen-bond donors (Lipinski definition) is 1. The SMILES string of the molecule is Cc1cc2cccc(C(=O)N3C[C@@H]4COC[C@H](C3)N(CC(=O)O)C4)c2o1. The summed E-state index contributed by atoms with van der Waals surface area (Å²) in [6, 6.07) is 7.40. The number of nitrogens with zero attached hydrogens (tertiary/aromatic N) is 2. The molecule has 1 N–H and O–H groups in total. The smallest absolute Gasteiger partial charge is 0.317 e. The Hall–Kier alpha value is -2.38. The van der Waals surface area contributed by atoms with E-state index >= 15 is 0 Å². The maximum Gasteiger partial charge on any atom is 0.317 e. The Labute approximate surface area is 151 Å². The normalized spacial score (nSPS) is 23.8. The Morgan fingerprint density at radius 3 is 2.88 bits per heavy atom. The third-order valence-electron chi connectivity index (χ3n) is 5.11. The number of carbonyl (C=O) groups excluding carboxylic acids is 1. The van der Waals surface area contributed by atoms with Gasteiger partial charge in [-0.05, 0) is 19.1 Å². The average Bonchev–Trinajstić information content (AvgIpc) is 2.74. The molecule has 2 aliphatic rings. The monoisotopic (exact) mass is 358 g/mol. The molecule has 0 radical (unpaired) electrons. The fraction of sp³-hybridized carbons (Fsp3) is 0.474. The van der Waals surface area contributed by atoms with Crippen LogP contribution >= 0.6 is 0 Å². The second-order valence-electron chi connectivity index (χ2n) is 7.17. The van der Waals surface area contributed by atoms with Crippen molar-refractivity contribution >= 4 is 22.8 Å². The van der Waals surface area contributed by atoms with Gasteiger partial charge in [0.25, 0.3) is 5.91 Å². The van der Waals surface area contributed by atoms with Crippen LogP contribution in [0.5, 0.6) is 0 Å². The molecule has 0 spiro atoms. The molecule has 1 aromatic carbocycles. The van der Waals surface area contributed by atoms with E-state index in [1.807, 2.05) is 34.9 Å². The van der Waals surface area contributed by atoms with E-state index in [0.29, 0.717) is 44.0 Å². The van der Waals surface area contributed by atoms with E-state index in [-0.39, 0.29) is 24.4 Å². The van der Waals surface area contributed by atoms with Gasteiger partial charge in [0.2, 0.25) is 0 Å². The molecule has 2 saturated heterocycles. The van der Waals surface area contributed by atoms with Gasteiger partial charge < -0.3 is 19.2 Å². The predicted molar refractivity (Wildman–Crippen MR) is 94.2 cm³/mol. The molecule has 2 atom stereocenters. The summed E-state index contributed by atoms with van der Waals surface area (Å²) in [5.41, 5.74) is 1.17. The summed E-state index contributed by atoms with van der Waals surface area (Å²) in [7, 11) is 0. The summed E-state index contributed by atoms with van der Waals surface area (Å²) in [4.78, 5) is 28.2. The molecule has 4 rings (SSSR count). The lowest BCUT2D eigenvalue weighted by Crippen LogP contribution is -2.47. The van der Waals surface area contributed by atoms with Crippen LogP contribution in [-0.4, -0.2) is 72.2 Å². The van der Waals surface area contributed by atoms with Crippen LogP contribution in [0, 0.1) is 12.8 Å². The average molecular weight is 358 g/mol. The molecule has 2 aromatic rings. The zero-order valence-corrected chi connectivity index (χ0v) is 14.7. The molecule has 2 aliphatic heterocycles. The number of furan rings is 1. The zero-order chi connectivity index (χ0) is 18.3. The van der Waals surface area contributed by atoms with Crippen LogP contribution in [0.1, 0.15) is 16.1 Å². The molecule has 2 bridgehead atoms. The zero-order valence-electron chi connectivity index (χ0n) is 14.7. The number of carboxylic acid groups (broad SMARTS) is 1. The number of carboxylic acids is 1. The molecule has 0 unspecified atom stereocenters. The summed E-state index contributed by atoms with van der Waals surface area (Å²) >= 11 is 0. The Morgan fingerprint density at radius 2 is 2.08 bits per heavy atom. The maximum absolute atomic E-state index is 13.2. The Balaban J connectivity index is 1.63. The second kappa shape index (κ2) is 6.74. The van der Waals surface area contributed by atoms with Gasteiger partial charge >= 0.3 is 5.97 Å². The first-order chi connectivity index (χ1) is 12.5. The number of rotatable bonds is 3. The van der Waals surface area contributed by atoms with Crippen molar-refractivity contribution in [3.05, 3.63) is 35.6 Å². The van der Waals surface area contributed by atoms with E-state index in [4.69, 9.17) is 9.15 Å². The number of benzene rings is 1. The van der Waals surface area contributed by atoms with Gasteiger partial charge in [-0.3, -0.25) is 14.5 Å². The van der Waals surface area contributed by atoms with Crippen molar-refractivity contribution in [2.75, 3.05) is 39.4 Å². The van der Waals surface area contributed by atoms with Gasteiger partial charge in [-0.25, -0.2) is 0 Å². The lowest BCUT2D eigenvalue weighted by atomic mass is 10.1. The molecule has 0 saturated carbocycles. The highest BCUT2D eigenvalue weighted by Crippen LogP contribution is 2.26. The van der Waals surface area contributed by atoms with Gasteiger partial charge in [0, 0.05) is 30.9 Å². The van der Waals surface area contributed by atoms with Crippen LogP contribution < -0.4 is 0 Å². The fourth-order valence-corrected chi connectivity index (χ4v) is 3.99. The first-order valence-corrected chi connectivity index (χ1v) is 8.83. The molecule has 1 amide bonds. The van der Waals surface area contributed by atoms with Crippen molar-refractivity contribution in [3.63, 3.8) is 0 Å². The Kier molecular flexibility index (Phi) is 4.42. The number of para-hydroxylation sites is 1. The highest BCUT2D eigenvalue weighted by molar-refractivity contribution is 6.05. The number of carbonyl (C=O) groups is 2. The van der Waals surface area contributed by atoms with E-state index in [9.17, 15) is 14.7 Å². The molecule has 3 heterocycles. The molecule has 26 heavy (non-hydrogen) atoms. The molecule has 7 nitrogen and oxygen atoms in total. The van der Waals surface area contributed by atoms with Crippen molar-refractivity contribution in [3.8, 4) is 0 Å². The topological polar surface area (TPSA) is 83.2 Å². The van der Waals surface area contributed by atoms with Crippen molar-refractivity contribution in [2.24, 2.45) is 5.92 Å². The third-order valence-corrected chi connectivity index (χ3v) is 5.11. The van der Waals surface area contributed by atoms with E-state index in [0.717, 1.165) is 11.1 Å². The van der Waals surface area contributed by atoms with Crippen LogP contribution in [0.3, 0.4) is 0 Å². The highest BCUT2D eigenvalue weighted by Gasteiger charge is 2.36. The Morgan fingerprint density at radius 1 is 1.23 bits per heavy atom. The predicted octanol–water partition coefficient (Wildman–Crippen LogP) is 1.60. The number of aryl methyl sites for hydroxylation is 1. The molecule has 2 fully saturated rings. The third kappa shape index (κ3) is 3.20. The van der Waals surface area contributed by atoms with Crippen LogP contribution in [-0.2, 0) is 9.53 Å². The van der Waals surface area contributed by atoms with Crippen LogP contribution in [0.2, 0.25) is 0 Å².